The first-order chi connectivity index (χ1) is 7.38. The molecule has 0 radical (unpaired) electrons. The Hall–Kier alpha value is -1.38. The topological polar surface area (TPSA) is 32.3 Å². The third kappa shape index (κ3) is 1.34. The molecule has 0 aliphatic carbocycles. The minimum Gasteiger partial charge on any atom is -0.394 e. The van der Waals surface area contributed by atoms with Crippen LogP contribution in [0.15, 0.2) is 36.4 Å². The van der Waals surface area contributed by atoms with E-state index in [0.717, 1.165) is 6.54 Å². The van der Waals surface area contributed by atoms with E-state index in [1.807, 2.05) is 6.07 Å². The van der Waals surface area contributed by atoms with Crippen LogP contribution in [0.5, 0.6) is 0 Å². The van der Waals surface area contributed by atoms with Crippen LogP contribution < -0.4 is 5.32 Å². The lowest BCUT2D eigenvalue weighted by atomic mass is 10.00. The molecule has 0 saturated heterocycles. The number of rotatable bonds is 1. The summed E-state index contributed by atoms with van der Waals surface area (Å²) in [6.45, 7) is 1.04. The van der Waals surface area contributed by atoms with E-state index in [0.29, 0.717) is 0 Å². The van der Waals surface area contributed by atoms with Gasteiger partial charge >= 0.3 is 0 Å². The molecule has 1 aliphatic heterocycles. The van der Waals surface area contributed by atoms with Crippen molar-refractivity contribution in [1.29, 1.82) is 0 Å². The van der Waals surface area contributed by atoms with E-state index in [1.165, 1.54) is 21.9 Å². The van der Waals surface area contributed by atoms with Crippen molar-refractivity contribution in [3.8, 4) is 0 Å². The van der Waals surface area contributed by atoms with Gasteiger partial charge in [-0.05, 0) is 34.0 Å². The van der Waals surface area contributed by atoms with Crippen molar-refractivity contribution in [3.63, 3.8) is 0 Å². The van der Waals surface area contributed by atoms with Gasteiger partial charge < -0.3 is 10.4 Å². The Bertz CT molecular complexity index is 507. The van der Waals surface area contributed by atoms with E-state index in [9.17, 15) is 5.11 Å². The average Bonchev–Trinajstić information content (AvgIpc) is 2.68. The lowest BCUT2D eigenvalue weighted by Gasteiger charge is -2.08. The van der Waals surface area contributed by atoms with Crippen molar-refractivity contribution in [1.82, 2.24) is 5.32 Å². The Labute approximate surface area is 88.5 Å². The zero-order valence-electron chi connectivity index (χ0n) is 8.40. The zero-order valence-corrected chi connectivity index (χ0v) is 8.40. The fraction of sp³-hybridized carbons (Fsp3) is 0.231. The molecule has 2 nitrogen and oxygen atoms in total. The summed E-state index contributed by atoms with van der Waals surface area (Å²) in [5, 5.41) is 15.0. The molecular formula is C13H13NO. The molecule has 15 heavy (non-hydrogen) atoms. The molecule has 0 spiro atoms. The van der Waals surface area contributed by atoms with Crippen molar-refractivity contribution in [2.24, 2.45) is 0 Å². The molecule has 0 amide bonds. The SMILES string of the molecule is OCC1NCc2cc3ccccc3cc21. The average molecular weight is 199 g/mol. The Balaban J connectivity index is 2.23. The normalized spacial score (nSPS) is 19.4. The predicted octanol–water partition coefficient (Wildman–Crippen LogP) is 1.98. The molecule has 0 saturated carbocycles. The summed E-state index contributed by atoms with van der Waals surface area (Å²) in [5.41, 5.74) is 2.56. The molecule has 1 aliphatic rings. The third-order valence-electron chi connectivity index (χ3n) is 3.10. The van der Waals surface area contributed by atoms with E-state index >= 15 is 0 Å². The molecule has 2 heteroatoms. The van der Waals surface area contributed by atoms with Gasteiger partial charge in [0.1, 0.15) is 0 Å². The smallest absolute Gasteiger partial charge is 0.0626 e. The van der Waals surface area contributed by atoms with Crippen LogP contribution >= 0.6 is 0 Å². The summed E-state index contributed by atoms with van der Waals surface area (Å²) in [6, 6.07) is 12.9. The Kier molecular flexibility index (Phi) is 1.97. The first-order valence-corrected chi connectivity index (χ1v) is 5.24. The summed E-state index contributed by atoms with van der Waals surface area (Å²) < 4.78 is 0. The number of benzene rings is 2. The van der Waals surface area contributed by atoms with E-state index in [1.54, 1.807) is 0 Å². The van der Waals surface area contributed by atoms with E-state index in [2.05, 4.69) is 35.6 Å². The summed E-state index contributed by atoms with van der Waals surface area (Å²) in [7, 11) is 0. The van der Waals surface area contributed by atoms with Crippen LogP contribution in [0.1, 0.15) is 17.2 Å². The standard InChI is InChI=1S/C13H13NO/c15-8-13-12-6-10-4-2-1-3-9(10)5-11(12)7-14-13/h1-6,13-15H,7-8H2. The number of nitrogens with one attached hydrogen (secondary N) is 1. The largest absolute Gasteiger partial charge is 0.394 e. The lowest BCUT2D eigenvalue weighted by molar-refractivity contribution is 0.251. The van der Waals surface area contributed by atoms with Gasteiger partial charge in [0.15, 0.2) is 0 Å². The second-order valence-corrected chi connectivity index (χ2v) is 4.01. The van der Waals surface area contributed by atoms with E-state index < -0.39 is 0 Å². The number of aliphatic hydroxyl groups excluding tert-OH is 1. The van der Waals surface area contributed by atoms with Gasteiger partial charge in [-0.2, -0.15) is 0 Å². The highest BCUT2D eigenvalue weighted by atomic mass is 16.3. The maximum atomic E-state index is 9.22. The van der Waals surface area contributed by atoms with Crippen LogP contribution in [0.25, 0.3) is 10.8 Å². The number of fused-ring (bicyclic) bond motifs is 2. The van der Waals surface area contributed by atoms with Gasteiger partial charge in [-0.25, -0.2) is 0 Å². The van der Waals surface area contributed by atoms with Gasteiger partial charge in [0.2, 0.25) is 0 Å². The van der Waals surface area contributed by atoms with Gasteiger partial charge in [-0.15, -0.1) is 0 Å². The van der Waals surface area contributed by atoms with Crippen molar-refractivity contribution in [3.05, 3.63) is 47.5 Å². The van der Waals surface area contributed by atoms with Gasteiger partial charge in [0.05, 0.1) is 12.6 Å². The van der Waals surface area contributed by atoms with Crippen molar-refractivity contribution >= 4 is 10.8 Å². The molecular weight excluding hydrogens is 186 g/mol. The van der Waals surface area contributed by atoms with Gasteiger partial charge in [0, 0.05) is 6.54 Å². The van der Waals surface area contributed by atoms with E-state index in [-0.39, 0.29) is 12.6 Å². The summed E-state index contributed by atoms with van der Waals surface area (Å²) in [4.78, 5) is 0. The van der Waals surface area contributed by atoms with Crippen LogP contribution in [0.2, 0.25) is 0 Å². The lowest BCUT2D eigenvalue weighted by Crippen LogP contribution is -2.15. The molecule has 0 fully saturated rings. The molecule has 2 aromatic carbocycles. The molecule has 2 N–H and O–H groups in total. The maximum absolute atomic E-state index is 9.22. The van der Waals surface area contributed by atoms with Gasteiger partial charge in [-0.1, -0.05) is 24.3 Å². The maximum Gasteiger partial charge on any atom is 0.0626 e. The fourth-order valence-corrected chi connectivity index (χ4v) is 2.29. The number of hydrogen-bond acceptors (Lipinski definition) is 2. The first kappa shape index (κ1) is 8.89. The molecule has 76 valence electrons. The molecule has 0 aromatic heterocycles. The van der Waals surface area contributed by atoms with E-state index in [4.69, 9.17) is 0 Å². The van der Waals surface area contributed by atoms with Crippen molar-refractivity contribution < 1.29 is 5.11 Å². The van der Waals surface area contributed by atoms with Crippen LogP contribution in [-0.4, -0.2) is 11.7 Å². The number of aliphatic hydroxyl groups is 1. The third-order valence-corrected chi connectivity index (χ3v) is 3.10. The summed E-state index contributed by atoms with van der Waals surface area (Å²) in [6.07, 6.45) is 0. The minimum atomic E-state index is 0.115. The van der Waals surface area contributed by atoms with Crippen LogP contribution in [-0.2, 0) is 6.54 Å². The minimum absolute atomic E-state index is 0.115. The van der Waals surface area contributed by atoms with Crippen molar-refractivity contribution in [2.75, 3.05) is 6.61 Å². The van der Waals surface area contributed by atoms with Crippen LogP contribution in [0, 0.1) is 0 Å². The summed E-state index contributed by atoms with van der Waals surface area (Å²) in [5.74, 6) is 0. The van der Waals surface area contributed by atoms with Gasteiger partial charge in [0.25, 0.3) is 0 Å². The number of hydrogen-bond donors (Lipinski definition) is 2. The Morgan fingerprint density at radius 3 is 2.67 bits per heavy atom. The summed E-state index contributed by atoms with van der Waals surface area (Å²) >= 11 is 0. The molecule has 1 atom stereocenters. The highest BCUT2D eigenvalue weighted by Crippen LogP contribution is 2.29. The second kappa shape index (κ2) is 3.33. The predicted molar refractivity (Wildman–Crippen MR) is 60.6 cm³/mol. The molecule has 2 aromatic rings. The first-order valence-electron chi connectivity index (χ1n) is 5.24. The quantitative estimate of drug-likeness (QED) is 0.736. The fourth-order valence-electron chi connectivity index (χ4n) is 2.29. The van der Waals surface area contributed by atoms with Gasteiger partial charge in [-0.3, -0.25) is 0 Å². The highest BCUT2D eigenvalue weighted by Gasteiger charge is 2.20. The Morgan fingerprint density at radius 1 is 1.20 bits per heavy atom. The zero-order chi connectivity index (χ0) is 10.3. The second-order valence-electron chi connectivity index (χ2n) is 4.01. The van der Waals surface area contributed by atoms with Crippen LogP contribution in [0.3, 0.4) is 0 Å². The highest BCUT2D eigenvalue weighted by molar-refractivity contribution is 5.84. The monoisotopic (exact) mass is 199 g/mol. The Morgan fingerprint density at radius 2 is 1.93 bits per heavy atom. The molecule has 1 heterocycles. The molecule has 1 unspecified atom stereocenters. The molecule has 3 rings (SSSR count). The van der Waals surface area contributed by atoms with Crippen LogP contribution in [0.4, 0.5) is 0 Å². The molecule has 0 bridgehead atoms. The van der Waals surface area contributed by atoms with Crippen molar-refractivity contribution in [2.45, 2.75) is 12.6 Å².